The van der Waals surface area contributed by atoms with E-state index in [1.807, 2.05) is 25.1 Å². The molecule has 3 aromatic carbocycles. The normalized spacial score (nSPS) is 11.2. The summed E-state index contributed by atoms with van der Waals surface area (Å²) in [7, 11) is -0.725. The number of nitro benzene ring substituents is 2. The number of fused-ring (bicyclic) bond motifs is 1. The molecule has 11 heteroatoms. The molecule has 0 aliphatic rings. The lowest BCUT2D eigenvalue weighted by molar-refractivity contribution is -0.422. The molecule has 150 valence electrons. The van der Waals surface area contributed by atoms with E-state index in [0.717, 1.165) is 17.8 Å². The first-order valence-corrected chi connectivity index (χ1v) is 9.59. The Hall–Kier alpha value is -3.73. The van der Waals surface area contributed by atoms with Crippen molar-refractivity contribution >= 4 is 38.0 Å². The highest BCUT2D eigenvalue weighted by molar-refractivity contribution is 7.87. The zero-order valence-electron chi connectivity index (χ0n) is 15.3. The zero-order chi connectivity index (χ0) is 21.3. The van der Waals surface area contributed by atoms with E-state index in [1.165, 1.54) is 6.07 Å². The van der Waals surface area contributed by atoms with Crippen molar-refractivity contribution in [3.63, 3.8) is 0 Å². The maximum atomic E-state index is 12.9. The van der Waals surface area contributed by atoms with Crippen LogP contribution in [0.15, 0.2) is 59.5 Å². The van der Waals surface area contributed by atoms with E-state index in [9.17, 15) is 28.6 Å². The van der Waals surface area contributed by atoms with Gasteiger partial charge in [0.05, 0.1) is 15.9 Å². The molecule has 0 aliphatic heterocycles. The highest BCUT2D eigenvalue weighted by Crippen LogP contribution is 2.34. The lowest BCUT2D eigenvalue weighted by Gasteiger charge is -2.17. The number of hydrogen-bond acceptors (Lipinski definition) is 8. The van der Waals surface area contributed by atoms with Crippen molar-refractivity contribution in [1.82, 2.24) is 0 Å². The van der Waals surface area contributed by atoms with Crippen LogP contribution in [0.5, 0.6) is 5.75 Å². The Morgan fingerprint density at radius 1 is 0.862 bits per heavy atom. The van der Waals surface area contributed by atoms with Gasteiger partial charge in [-0.3, -0.25) is 20.2 Å². The van der Waals surface area contributed by atoms with E-state index in [0.29, 0.717) is 16.8 Å². The van der Waals surface area contributed by atoms with Crippen molar-refractivity contribution < 1.29 is 22.4 Å². The molecule has 0 atom stereocenters. The minimum atomic E-state index is -4.37. The molecule has 0 bridgehead atoms. The quantitative estimate of drug-likeness (QED) is 0.338. The summed E-state index contributed by atoms with van der Waals surface area (Å²) in [6, 6.07) is 12.4. The van der Waals surface area contributed by atoms with Crippen LogP contribution in [-0.2, 0) is 10.1 Å². The van der Waals surface area contributed by atoms with Gasteiger partial charge in [0.2, 0.25) is 0 Å². The van der Waals surface area contributed by atoms with Crippen LogP contribution in [0.1, 0.15) is 0 Å². The van der Waals surface area contributed by atoms with Crippen LogP contribution in [0, 0.1) is 20.2 Å². The van der Waals surface area contributed by atoms with Gasteiger partial charge in [-0.05, 0) is 18.2 Å². The summed E-state index contributed by atoms with van der Waals surface area (Å²) < 4.78 is 30.8. The largest absolute Gasteiger partial charge is 0.379 e. The molecule has 0 aliphatic carbocycles. The Balaban J connectivity index is 2.10. The van der Waals surface area contributed by atoms with Crippen molar-refractivity contribution in [3.05, 3.63) is 74.8 Å². The Bertz CT molecular complexity index is 1240. The van der Waals surface area contributed by atoms with Gasteiger partial charge in [0.25, 0.3) is 0 Å². The van der Waals surface area contributed by atoms with Gasteiger partial charge in [-0.2, -0.15) is 8.42 Å². The predicted octanol–water partition coefficient (Wildman–Crippen LogP) is 3.49. The maximum absolute atomic E-state index is 12.9. The molecule has 0 radical (unpaired) electrons. The SMILES string of the molecule is CN(C)c1cccc2c(S(=O)(=O)Oc3ccc([N+](=O)[O-])c([N+](=O)[O-])c3)cccc12. The summed E-state index contributed by atoms with van der Waals surface area (Å²) >= 11 is 0. The van der Waals surface area contributed by atoms with Crippen molar-refractivity contribution in [2.45, 2.75) is 4.90 Å². The van der Waals surface area contributed by atoms with E-state index >= 15 is 0 Å². The standard InChI is InChI=1S/C18H15N3O7S/c1-19(2)15-7-3-6-14-13(15)5-4-8-18(14)29(26,27)28-12-9-10-16(20(22)23)17(11-12)21(24)25/h3-11H,1-2H3. The third-order valence-corrected chi connectivity index (χ3v) is 5.46. The summed E-state index contributed by atoms with van der Waals surface area (Å²) in [6.07, 6.45) is 0. The molecular weight excluding hydrogens is 402 g/mol. The Labute approximate surface area is 165 Å². The highest BCUT2D eigenvalue weighted by atomic mass is 32.2. The number of nitrogens with zero attached hydrogens (tertiary/aromatic N) is 3. The summed E-state index contributed by atoms with van der Waals surface area (Å²) in [5.41, 5.74) is -0.832. The van der Waals surface area contributed by atoms with Gasteiger partial charge >= 0.3 is 21.5 Å². The molecular formula is C18H15N3O7S. The lowest BCUT2D eigenvalue weighted by Crippen LogP contribution is -2.12. The van der Waals surface area contributed by atoms with Gasteiger partial charge in [-0.1, -0.05) is 24.3 Å². The van der Waals surface area contributed by atoms with Gasteiger partial charge in [-0.15, -0.1) is 0 Å². The zero-order valence-corrected chi connectivity index (χ0v) is 16.1. The van der Waals surface area contributed by atoms with Gasteiger partial charge in [-0.25, -0.2) is 0 Å². The van der Waals surface area contributed by atoms with Crippen molar-refractivity contribution in [1.29, 1.82) is 0 Å². The van der Waals surface area contributed by atoms with Crippen LogP contribution in [0.25, 0.3) is 10.8 Å². The number of anilines is 1. The second kappa shape index (κ2) is 7.36. The van der Waals surface area contributed by atoms with E-state index in [1.54, 1.807) is 24.3 Å². The van der Waals surface area contributed by atoms with Gasteiger partial charge < -0.3 is 9.08 Å². The number of rotatable bonds is 6. The fourth-order valence-electron chi connectivity index (χ4n) is 2.90. The second-order valence-corrected chi connectivity index (χ2v) is 7.74. The van der Waals surface area contributed by atoms with Crippen LogP contribution < -0.4 is 9.08 Å². The summed E-state index contributed by atoms with van der Waals surface area (Å²) in [4.78, 5) is 21.8. The molecule has 0 fully saturated rings. The minimum Gasteiger partial charge on any atom is -0.379 e. The third kappa shape index (κ3) is 3.80. The average Bonchev–Trinajstić information content (AvgIpc) is 2.66. The first kappa shape index (κ1) is 20.0. The number of nitro groups is 2. The molecule has 29 heavy (non-hydrogen) atoms. The molecule has 0 saturated carbocycles. The molecule has 0 N–H and O–H groups in total. The van der Waals surface area contributed by atoms with E-state index in [4.69, 9.17) is 4.18 Å². The van der Waals surface area contributed by atoms with Crippen LogP contribution >= 0.6 is 0 Å². The fourth-order valence-corrected chi connectivity index (χ4v) is 4.04. The van der Waals surface area contributed by atoms with Gasteiger partial charge in [0.1, 0.15) is 10.6 Å². The smallest absolute Gasteiger partial charge is 0.349 e. The molecule has 0 heterocycles. The van der Waals surface area contributed by atoms with Gasteiger partial charge in [0.15, 0.2) is 0 Å². The van der Waals surface area contributed by atoms with Crippen molar-refractivity contribution in [2.24, 2.45) is 0 Å². The second-order valence-electron chi connectivity index (χ2n) is 6.23. The molecule has 10 nitrogen and oxygen atoms in total. The highest BCUT2D eigenvalue weighted by Gasteiger charge is 2.27. The molecule has 0 amide bonds. The molecule has 3 aromatic rings. The summed E-state index contributed by atoms with van der Waals surface area (Å²) in [5.74, 6) is -0.400. The fraction of sp³-hybridized carbons (Fsp3) is 0.111. The van der Waals surface area contributed by atoms with Crippen LogP contribution in [0.4, 0.5) is 17.1 Å². The summed E-state index contributed by atoms with van der Waals surface area (Å²) in [5, 5.41) is 23.1. The topological polar surface area (TPSA) is 133 Å². The van der Waals surface area contributed by atoms with Crippen LogP contribution in [-0.4, -0.2) is 32.4 Å². The minimum absolute atomic E-state index is 0.125. The van der Waals surface area contributed by atoms with Crippen LogP contribution in [0.2, 0.25) is 0 Å². The molecule has 0 saturated heterocycles. The van der Waals surface area contributed by atoms with Crippen LogP contribution in [0.3, 0.4) is 0 Å². The number of benzene rings is 3. The first-order valence-electron chi connectivity index (χ1n) is 8.18. The molecule has 0 aromatic heterocycles. The van der Waals surface area contributed by atoms with E-state index < -0.39 is 37.1 Å². The molecule has 3 rings (SSSR count). The van der Waals surface area contributed by atoms with E-state index in [2.05, 4.69) is 0 Å². The molecule has 0 unspecified atom stereocenters. The van der Waals surface area contributed by atoms with Crippen molar-refractivity contribution in [3.8, 4) is 5.75 Å². The Morgan fingerprint density at radius 3 is 2.10 bits per heavy atom. The maximum Gasteiger partial charge on any atom is 0.349 e. The Morgan fingerprint density at radius 2 is 1.48 bits per heavy atom. The predicted molar refractivity (Wildman–Crippen MR) is 106 cm³/mol. The van der Waals surface area contributed by atoms with E-state index in [-0.39, 0.29) is 4.90 Å². The monoisotopic (exact) mass is 417 g/mol. The average molecular weight is 417 g/mol. The third-order valence-electron chi connectivity index (χ3n) is 4.16. The summed E-state index contributed by atoms with van der Waals surface area (Å²) in [6.45, 7) is 0. The Kier molecular flexibility index (Phi) is 5.08. The molecule has 0 spiro atoms. The lowest BCUT2D eigenvalue weighted by atomic mass is 10.1. The first-order chi connectivity index (χ1) is 13.6. The number of hydrogen-bond donors (Lipinski definition) is 0. The van der Waals surface area contributed by atoms with Crippen molar-refractivity contribution in [2.75, 3.05) is 19.0 Å². The van der Waals surface area contributed by atoms with Gasteiger partial charge in [0, 0.05) is 36.6 Å².